The summed E-state index contributed by atoms with van der Waals surface area (Å²) >= 11 is 0. The highest BCUT2D eigenvalue weighted by atomic mass is 15.1. The summed E-state index contributed by atoms with van der Waals surface area (Å²) in [6, 6.07) is 8.39. The number of hydrogen-bond donors (Lipinski definition) is 1. The predicted molar refractivity (Wildman–Crippen MR) is 70.1 cm³/mol. The van der Waals surface area contributed by atoms with Gasteiger partial charge in [0.05, 0.1) is 0 Å². The summed E-state index contributed by atoms with van der Waals surface area (Å²) in [5.41, 5.74) is 8.31. The average Bonchev–Trinajstić information content (AvgIpc) is 2.30. The minimum atomic E-state index is 0.615. The zero-order chi connectivity index (χ0) is 11.8. The normalized spacial score (nSPS) is 10.7. The lowest BCUT2D eigenvalue weighted by Gasteiger charge is -2.21. The van der Waals surface area contributed by atoms with Crippen LogP contribution in [0.4, 0.5) is 0 Å². The van der Waals surface area contributed by atoms with Gasteiger partial charge in [0.1, 0.15) is 0 Å². The van der Waals surface area contributed by atoms with E-state index >= 15 is 0 Å². The number of benzene rings is 1. The van der Waals surface area contributed by atoms with Crippen molar-refractivity contribution in [3.05, 3.63) is 48.0 Å². The molecule has 0 amide bonds. The van der Waals surface area contributed by atoms with Crippen molar-refractivity contribution in [1.29, 1.82) is 0 Å². The van der Waals surface area contributed by atoms with Crippen molar-refractivity contribution in [2.45, 2.75) is 26.4 Å². The molecule has 1 rings (SSSR count). The van der Waals surface area contributed by atoms with E-state index in [4.69, 9.17) is 5.73 Å². The Morgan fingerprint density at radius 3 is 2.56 bits per heavy atom. The fourth-order valence-corrected chi connectivity index (χ4v) is 1.89. The number of nitrogens with zero attached hydrogens (tertiary/aromatic N) is 1. The summed E-state index contributed by atoms with van der Waals surface area (Å²) in [6.07, 6.45) is 3.12. The van der Waals surface area contributed by atoms with Crippen molar-refractivity contribution in [2.24, 2.45) is 5.73 Å². The summed E-state index contributed by atoms with van der Waals surface area (Å²) < 4.78 is 0. The smallest absolute Gasteiger partial charge is 0.0240 e. The van der Waals surface area contributed by atoms with Gasteiger partial charge in [0.2, 0.25) is 0 Å². The highest BCUT2D eigenvalue weighted by Gasteiger charge is 2.05. The largest absolute Gasteiger partial charge is 0.326 e. The molecule has 0 spiro atoms. The summed E-state index contributed by atoms with van der Waals surface area (Å²) in [5.74, 6) is 0. The van der Waals surface area contributed by atoms with Crippen molar-refractivity contribution in [2.75, 3.05) is 13.1 Å². The highest BCUT2D eigenvalue weighted by Crippen LogP contribution is 2.11. The summed E-state index contributed by atoms with van der Waals surface area (Å²) in [5, 5.41) is 0. The highest BCUT2D eigenvalue weighted by molar-refractivity contribution is 5.26. The molecule has 0 aliphatic carbocycles. The van der Waals surface area contributed by atoms with Crippen LogP contribution < -0.4 is 5.73 Å². The van der Waals surface area contributed by atoms with Crippen molar-refractivity contribution in [3.8, 4) is 0 Å². The molecule has 2 nitrogen and oxygen atoms in total. The van der Waals surface area contributed by atoms with Crippen LogP contribution in [-0.2, 0) is 13.1 Å². The average molecular weight is 218 g/mol. The molecule has 0 radical (unpaired) electrons. The Morgan fingerprint density at radius 2 is 2.00 bits per heavy atom. The van der Waals surface area contributed by atoms with E-state index in [1.165, 1.54) is 17.5 Å². The van der Waals surface area contributed by atoms with Gasteiger partial charge in [-0.25, -0.2) is 0 Å². The Kier molecular flexibility index (Phi) is 5.83. The second-order valence-corrected chi connectivity index (χ2v) is 4.00. The van der Waals surface area contributed by atoms with Gasteiger partial charge < -0.3 is 5.73 Å². The lowest BCUT2D eigenvalue weighted by molar-refractivity contribution is 0.294. The molecule has 0 bridgehead atoms. The number of rotatable bonds is 7. The topological polar surface area (TPSA) is 29.3 Å². The molecular formula is C14H22N2. The number of hydrogen-bond acceptors (Lipinski definition) is 2. The van der Waals surface area contributed by atoms with Gasteiger partial charge in [0, 0.05) is 19.6 Å². The molecule has 16 heavy (non-hydrogen) atoms. The minimum Gasteiger partial charge on any atom is -0.326 e. The molecule has 0 fully saturated rings. The first kappa shape index (κ1) is 12.9. The first-order valence-corrected chi connectivity index (χ1v) is 5.91. The molecule has 0 heterocycles. The molecule has 2 heteroatoms. The van der Waals surface area contributed by atoms with Crippen LogP contribution in [0.2, 0.25) is 0 Å². The van der Waals surface area contributed by atoms with Crippen molar-refractivity contribution >= 4 is 0 Å². The Morgan fingerprint density at radius 1 is 1.31 bits per heavy atom. The maximum absolute atomic E-state index is 5.74. The predicted octanol–water partition coefficient (Wildman–Crippen LogP) is 2.54. The van der Waals surface area contributed by atoms with E-state index in [0.29, 0.717) is 6.54 Å². The maximum Gasteiger partial charge on any atom is 0.0240 e. The van der Waals surface area contributed by atoms with Crippen molar-refractivity contribution in [3.63, 3.8) is 0 Å². The van der Waals surface area contributed by atoms with Crippen LogP contribution in [0.5, 0.6) is 0 Å². The van der Waals surface area contributed by atoms with Crippen LogP contribution in [0.3, 0.4) is 0 Å². The van der Waals surface area contributed by atoms with Crippen LogP contribution in [0.1, 0.15) is 24.5 Å². The Balaban J connectivity index is 2.71. The molecule has 0 saturated heterocycles. The van der Waals surface area contributed by atoms with Gasteiger partial charge in [-0.1, -0.05) is 37.3 Å². The quantitative estimate of drug-likeness (QED) is 0.713. The fraction of sp³-hybridized carbons (Fsp3) is 0.429. The molecule has 0 aliphatic rings. The zero-order valence-corrected chi connectivity index (χ0v) is 10.2. The van der Waals surface area contributed by atoms with E-state index in [0.717, 1.165) is 19.6 Å². The van der Waals surface area contributed by atoms with E-state index in [2.05, 4.69) is 36.6 Å². The third kappa shape index (κ3) is 3.80. The summed E-state index contributed by atoms with van der Waals surface area (Å²) in [6.45, 7) is 9.62. The molecular weight excluding hydrogens is 196 g/mol. The molecule has 2 N–H and O–H groups in total. The second-order valence-electron chi connectivity index (χ2n) is 4.00. The molecule has 1 aromatic rings. The number of nitrogens with two attached hydrogens (primary N) is 1. The van der Waals surface area contributed by atoms with Crippen molar-refractivity contribution < 1.29 is 0 Å². The van der Waals surface area contributed by atoms with E-state index in [9.17, 15) is 0 Å². The van der Waals surface area contributed by atoms with Gasteiger partial charge in [-0.2, -0.15) is 0 Å². The van der Waals surface area contributed by atoms with Crippen LogP contribution in [0, 0.1) is 0 Å². The van der Waals surface area contributed by atoms with E-state index in [1.54, 1.807) is 0 Å². The first-order chi connectivity index (χ1) is 7.81. The zero-order valence-electron chi connectivity index (χ0n) is 10.2. The van der Waals surface area contributed by atoms with Crippen LogP contribution in [0.25, 0.3) is 0 Å². The first-order valence-electron chi connectivity index (χ1n) is 5.91. The Hall–Kier alpha value is -1.12. The van der Waals surface area contributed by atoms with Gasteiger partial charge in [-0.05, 0) is 24.1 Å². The summed E-state index contributed by atoms with van der Waals surface area (Å²) in [7, 11) is 0. The fourth-order valence-electron chi connectivity index (χ4n) is 1.89. The monoisotopic (exact) mass is 218 g/mol. The van der Waals surface area contributed by atoms with Gasteiger partial charge in [-0.3, -0.25) is 4.90 Å². The molecule has 0 unspecified atom stereocenters. The van der Waals surface area contributed by atoms with Gasteiger partial charge in [0.15, 0.2) is 0 Å². The summed E-state index contributed by atoms with van der Waals surface area (Å²) in [4.78, 5) is 2.39. The van der Waals surface area contributed by atoms with E-state index < -0.39 is 0 Å². The van der Waals surface area contributed by atoms with Crippen LogP contribution in [-0.4, -0.2) is 18.0 Å². The standard InChI is InChI=1S/C14H22N2/c1-3-9-16(10-4-2)12-14-8-6-5-7-13(14)11-15/h3,5-8H,1,4,9-12,15H2,2H3. The Bertz CT molecular complexity index is 320. The van der Waals surface area contributed by atoms with Gasteiger partial charge in [-0.15, -0.1) is 6.58 Å². The van der Waals surface area contributed by atoms with Crippen molar-refractivity contribution in [1.82, 2.24) is 4.90 Å². The lowest BCUT2D eigenvalue weighted by atomic mass is 10.1. The van der Waals surface area contributed by atoms with Crippen LogP contribution in [0.15, 0.2) is 36.9 Å². The third-order valence-corrected chi connectivity index (χ3v) is 2.66. The molecule has 1 aromatic carbocycles. The molecule has 0 atom stereocenters. The minimum absolute atomic E-state index is 0.615. The lowest BCUT2D eigenvalue weighted by Crippen LogP contribution is -2.25. The van der Waals surface area contributed by atoms with Gasteiger partial charge >= 0.3 is 0 Å². The molecule has 88 valence electrons. The van der Waals surface area contributed by atoms with Crippen LogP contribution >= 0.6 is 0 Å². The SMILES string of the molecule is C=CCN(CCC)Cc1ccccc1CN. The molecule has 0 aliphatic heterocycles. The second kappa shape index (κ2) is 7.20. The van der Waals surface area contributed by atoms with E-state index in [1.807, 2.05) is 12.1 Å². The molecule has 0 aromatic heterocycles. The third-order valence-electron chi connectivity index (χ3n) is 2.66. The van der Waals surface area contributed by atoms with Gasteiger partial charge in [0.25, 0.3) is 0 Å². The Labute approximate surface area is 98.8 Å². The molecule has 0 saturated carbocycles. The van der Waals surface area contributed by atoms with E-state index in [-0.39, 0.29) is 0 Å². The maximum atomic E-state index is 5.74.